The molecule has 2 heterocycles. The number of methoxy groups -OCH3 is 1. The number of hydrogen-bond acceptors (Lipinski definition) is 6. The van der Waals surface area contributed by atoms with Crippen molar-refractivity contribution in [1.29, 1.82) is 5.26 Å². The highest BCUT2D eigenvalue weighted by atomic mass is 32.1. The fourth-order valence-electron chi connectivity index (χ4n) is 3.66. The molecule has 0 saturated heterocycles. The highest BCUT2D eigenvalue weighted by Crippen LogP contribution is 2.36. The summed E-state index contributed by atoms with van der Waals surface area (Å²) in [4.78, 5) is 5.33. The zero-order valence-corrected chi connectivity index (χ0v) is 18.2. The maximum Gasteiger partial charge on any atom is 0.232 e. The quantitative estimate of drug-likeness (QED) is 0.524. The zero-order chi connectivity index (χ0) is 20.9. The second-order valence-electron chi connectivity index (χ2n) is 6.96. The summed E-state index contributed by atoms with van der Waals surface area (Å²) >= 11 is 6.97. The summed E-state index contributed by atoms with van der Waals surface area (Å²) < 4.78 is 11.2. The normalized spacial score (nSPS) is 12.5. The van der Waals surface area contributed by atoms with Gasteiger partial charge in [0.25, 0.3) is 0 Å². The van der Waals surface area contributed by atoms with Gasteiger partial charge in [-0.2, -0.15) is 5.26 Å². The smallest absolute Gasteiger partial charge is 0.232 e. The van der Waals surface area contributed by atoms with E-state index in [9.17, 15) is 5.26 Å². The minimum absolute atomic E-state index is 0.162. The predicted molar refractivity (Wildman–Crippen MR) is 124 cm³/mol. The van der Waals surface area contributed by atoms with Crippen LogP contribution in [-0.2, 0) is 12.8 Å². The molecule has 152 valence electrons. The molecule has 0 unspecified atom stereocenters. The Morgan fingerprint density at radius 2 is 1.97 bits per heavy atom. The lowest BCUT2D eigenvalue weighted by Gasteiger charge is -2.22. The molecular formula is C23H21N3O2S2. The minimum Gasteiger partial charge on any atom is -0.497 e. The van der Waals surface area contributed by atoms with Crippen molar-refractivity contribution in [2.24, 2.45) is 0 Å². The number of nitrogens with zero attached hydrogens (tertiary/aromatic N) is 2. The Kier molecular flexibility index (Phi) is 6.26. The standard InChI is InChI=1S/C23H21N3O2S2/c1-27-16-10-8-15(9-11-16)22-18-6-3-2-5-17(18)19(13-24)23(26-22)28-14-20(29)25-21-7-4-12-30-21/h4,7-12H,2-3,5-6,14H2,1H3,(H,25,29). The van der Waals surface area contributed by atoms with Crippen molar-refractivity contribution in [3.8, 4) is 29.0 Å². The summed E-state index contributed by atoms with van der Waals surface area (Å²) in [7, 11) is 1.65. The largest absolute Gasteiger partial charge is 0.497 e. The van der Waals surface area contributed by atoms with Crippen molar-refractivity contribution in [1.82, 2.24) is 4.98 Å². The Bertz CT molecular complexity index is 1090. The van der Waals surface area contributed by atoms with Crippen LogP contribution in [0.25, 0.3) is 11.3 Å². The third kappa shape index (κ3) is 4.30. The molecule has 0 spiro atoms. The Balaban J connectivity index is 1.66. The van der Waals surface area contributed by atoms with Crippen LogP contribution in [0, 0.1) is 11.3 Å². The average Bonchev–Trinajstić information content (AvgIpc) is 3.30. The molecule has 0 aliphatic heterocycles. The number of anilines is 1. The van der Waals surface area contributed by atoms with Gasteiger partial charge in [-0.25, -0.2) is 4.98 Å². The lowest BCUT2D eigenvalue weighted by atomic mass is 9.86. The van der Waals surface area contributed by atoms with E-state index in [2.05, 4.69) is 11.4 Å². The van der Waals surface area contributed by atoms with E-state index in [1.165, 1.54) is 0 Å². The number of thiocarbonyl (C=S) groups is 1. The summed E-state index contributed by atoms with van der Waals surface area (Å²) in [5.74, 6) is 1.14. The fraction of sp³-hybridized carbons (Fsp3) is 0.261. The van der Waals surface area contributed by atoms with Gasteiger partial charge < -0.3 is 14.8 Å². The number of nitriles is 1. The lowest BCUT2D eigenvalue weighted by molar-refractivity contribution is 0.361. The number of benzene rings is 1. The molecule has 2 aromatic heterocycles. The van der Waals surface area contributed by atoms with Crippen LogP contribution in [-0.4, -0.2) is 23.7 Å². The number of hydrogen-bond donors (Lipinski definition) is 1. The van der Waals surface area contributed by atoms with Gasteiger partial charge in [-0.3, -0.25) is 0 Å². The molecule has 3 aromatic rings. The number of nitrogens with one attached hydrogen (secondary N) is 1. The molecule has 1 N–H and O–H groups in total. The highest BCUT2D eigenvalue weighted by Gasteiger charge is 2.24. The van der Waals surface area contributed by atoms with Gasteiger partial charge in [0.2, 0.25) is 5.88 Å². The molecule has 0 atom stereocenters. The molecule has 0 bridgehead atoms. The first kappa shape index (κ1) is 20.3. The van der Waals surface area contributed by atoms with Gasteiger partial charge in [-0.05, 0) is 78.6 Å². The van der Waals surface area contributed by atoms with Crippen LogP contribution < -0.4 is 14.8 Å². The molecule has 1 aromatic carbocycles. The van der Waals surface area contributed by atoms with E-state index in [1.807, 2.05) is 41.8 Å². The minimum atomic E-state index is 0.162. The SMILES string of the molecule is COc1ccc(-c2nc(OCC(=S)Nc3cccs3)c(C#N)c3c2CCCC3)cc1. The number of pyridine rings is 1. The maximum absolute atomic E-state index is 9.84. The number of fused-ring (bicyclic) bond motifs is 1. The first-order chi connectivity index (χ1) is 14.7. The van der Waals surface area contributed by atoms with Crippen molar-refractivity contribution in [2.75, 3.05) is 19.0 Å². The third-order valence-corrected chi connectivity index (χ3v) is 6.09. The molecule has 4 rings (SSSR count). The van der Waals surface area contributed by atoms with Gasteiger partial charge in [0, 0.05) is 5.56 Å². The molecule has 1 aliphatic rings. The van der Waals surface area contributed by atoms with Crippen molar-refractivity contribution >= 4 is 33.5 Å². The summed E-state index contributed by atoms with van der Waals surface area (Å²) in [6.07, 6.45) is 3.93. The topological polar surface area (TPSA) is 67.2 Å². The average molecular weight is 436 g/mol. The van der Waals surface area contributed by atoms with E-state index >= 15 is 0 Å². The van der Waals surface area contributed by atoms with Crippen LogP contribution >= 0.6 is 23.6 Å². The van der Waals surface area contributed by atoms with E-state index in [1.54, 1.807) is 18.4 Å². The molecule has 7 heteroatoms. The molecule has 5 nitrogen and oxygen atoms in total. The van der Waals surface area contributed by atoms with Crippen LogP contribution in [0.1, 0.15) is 29.5 Å². The van der Waals surface area contributed by atoms with Gasteiger partial charge in [0.05, 0.1) is 17.8 Å². The maximum atomic E-state index is 9.84. The Morgan fingerprint density at radius 1 is 1.20 bits per heavy atom. The van der Waals surface area contributed by atoms with Crippen molar-refractivity contribution in [2.45, 2.75) is 25.7 Å². The summed E-state index contributed by atoms with van der Waals surface area (Å²) in [5, 5.41) is 15.9. The Morgan fingerprint density at radius 3 is 2.63 bits per heavy atom. The van der Waals surface area contributed by atoms with Crippen LogP contribution in [0.15, 0.2) is 41.8 Å². The second kappa shape index (κ2) is 9.24. The zero-order valence-electron chi connectivity index (χ0n) is 16.6. The molecule has 0 saturated carbocycles. The molecule has 0 amide bonds. The molecule has 1 aliphatic carbocycles. The van der Waals surface area contributed by atoms with Gasteiger partial charge in [-0.15, -0.1) is 11.3 Å². The van der Waals surface area contributed by atoms with E-state index < -0.39 is 0 Å². The van der Waals surface area contributed by atoms with E-state index in [4.69, 9.17) is 26.7 Å². The number of ether oxygens (including phenoxy) is 2. The van der Waals surface area contributed by atoms with E-state index in [-0.39, 0.29) is 6.61 Å². The third-order valence-electron chi connectivity index (χ3n) is 5.08. The number of rotatable bonds is 6. The highest BCUT2D eigenvalue weighted by molar-refractivity contribution is 7.80. The lowest BCUT2D eigenvalue weighted by Crippen LogP contribution is -2.19. The van der Waals surface area contributed by atoms with Crippen LogP contribution in [0.4, 0.5) is 5.00 Å². The second-order valence-corrected chi connectivity index (χ2v) is 8.40. The molecule has 30 heavy (non-hydrogen) atoms. The fourth-order valence-corrected chi connectivity index (χ4v) is 4.54. The molecule has 0 fully saturated rings. The van der Waals surface area contributed by atoms with Gasteiger partial charge in [0.15, 0.2) is 0 Å². The molecular weight excluding hydrogens is 414 g/mol. The van der Waals surface area contributed by atoms with Crippen LogP contribution in [0.2, 0.25) is 0 Å². The summed E-state index contributed by atoms with van der Waals surface area (Å²) in [6.45, 7) is 0.162. The van der Waals surface area contributed by atoms with Crippen molar-refractivity contribution < 1.29 is 9.47 Å². The molecule has 0 radical (unpaired) electrons. The first-order valence-electron chi connectivity index (χ1n) is 9.76. The first-order valence-corrected chi connectivity index (χ1v) is 11.0. The number of thiophene rings is 1. The van der Waals surface area contributed by atoms with Gasteiger partial charge in [-0.1, -0.05) is 12.2 Å². The Hall–Kier alpha value is -2.95. The number of aromatic nitrogens is 1. The van der Waals surface area contributed by atoms with Gasteiger partial charge >= 0.3 is 0 Å². The van der Waals surface area contributed by atoms with E-state index in [0.29, 0.717) is 16.4 Å². The van der Waals surface area contributed by atoms with Crippen molar-refractivity contribution in [3.63, 3.8) is 0 Å². The summed E-state index contributed by atoms with van der Waals surface area (Å²) in [6, 6.07) is 14.1. The van der Waals surface area contributed by atoms with E-state index in [0.717, 1.165) is 58.8 Å². The monoisotopic (exact) mass is 435 g/mol. The Labute approximate surface area is 185 Å². The summed E-state index contributed by atoms with van der Waals surface area (Å²) in [5.41, 5.74) is 4.59. The van der Waals surface area contributed by atoms with Gasteiger partial charge in [0.1, 0.15) is 29.0 Å². The van der Waals surface area contributed by atoms with Crippen LogP contribution in [0.5, 0.6) is 11.6 Å². The van der Waals surface area contributed by atoms with Crippen molar-refractivity contribution in [3.05, 3.63) is 58.5 Å². The van der Waals surface area contributed by atoms with Crippen LogP contribution in [0.3, 0.4) is 0 Å². The predicted octanol–water partition coefficient (Wildman–Crippen LogP) is 5.39.